The number of ether oxygens (including phenoxy) is 1. The van der Waals surface area contributed by atoms with Crippen molar-refractivity contribution >= 4 is 13.5 Å². The Balaban J connectivity index is 3.02. The Hall–Kier alpha value is -1.63. The lowest BCUT2D eigenvalue weighted by Gasteiger charge is -2.17. The summed E-state index contributed by atoms with van der Waals surface area (Å²) in [6, 6.07) is 3.74. The Labute approximate surface area is 116 Å². The highest BCUT2D eigenvalue weighted by molar-refractivity contribution is 7.48. The van der Waals surface area contributed by atoms with E-state index in [2.05, 4.69) is 0 Å². The Morgan fingerprint density at radius 3 is 2.30 bits per heavy atom. The summed E-state index contributed by atoms with van der Waals surface area (Å²) >= 11 is 0. The van der Waals surface area contributed by atoms with Gasteiger partial charge in [-0.2, -0.15) is 0 Å². The van der Waals surface area contributed by atoms with E-state index in [1.807, 2.05) is 0 Å². The van der Waals surface area contributed by atoms with Crippen molar-refractivity contribution in [1.82, 2.24) is 0 Å². The molecule has 0 radical (unpaired) electrons. The van der Waals surface area contributed by atoms with E-state index in [0.717, 1.165) is 0 Å². The third-order valence-corrected chi connectivity index (χ3v) is 3.72. The molecule has 0 amide bonds. The number of nitrogens with zero attached hydrogens (tertiary/aromatic N) is 1. The molecular formula is C11H16NO7P. The molecule has 8 nitrogen and oxygen atoms in total. The van der Waals surface area contributed by atoms with Crippen molar-refractivity contribution in [2.24, 2.45) is 0 Å². The maximum absolute atomic E-state index is 12.2. The molecule has 1 rings (SSSR count). The van der Waals surface area contributed by atoms with Crippen LogP contribution in [0, 0.1) is 10.1 Å². The molecule has 1 aromatic carbocycles. The van der Waals surface area contributed by atoms with E-state index in [0.29, 0.717) is 0 Å². The summed E-state index contributed by atoms with van der Waals surface area (Å²) in [5.41, 5.74) is -0.220. The molecule has 0 fully saturated rings. The molecule has 0 aromatic heterocycles. The van der Waals surface area contributed by atoms with Crippen molar-refractivity contribution in [2.45, 2.75) is 13.8 Å². The van der Waals surface area contributed by atoms with Crippen LogP contribution in [0.25, 0.3) is 0 Å². The Bertz CT molecular complexity index is 509. The van der Waals surface area contributed by atoms with Gasteiger partial charge in [0.2, 0.25) is 5.75 Å². The normalized spacial score (nSPS) is 11.2. The van der Waals surface area contributed by atoms with Crippen LogP contribution in [-0.4, -0.2) is 25.2 Å². The molecule has 0 aliphatic heterocycles. The molecule has 0 heterocycles. The average molecular weight is 305 g/mol. The van der Waals surface area contributed by atoms with E-state index in [1.54, 1.807) is 13.8 Å². The lowest BCUT2D eigenvalue weighted by atomic mass is 10.3. The largest absolute Gasteiger partial charge is 0.530 e. The van der Waals surface area contributed by atoms with E-state index in [4.69, 9.17) is 18.3 Å². The van der Waals surface area contributed by atoms with Crippen molar-refractivity contribution in [3.63, 3.8) is 0 Å². The molecule has 0 saturated heterocycles. The summed E-state index contributed by atoms with van der Waals surface area (Å²) in [7, 11) is -2.45. The third-order valence-electron chi connectivity index (χ3n) is 2.14. The minimum absolute atomic E-state index is 0.00736. The quantitative estimate of drug-likeness (QED) is 0.413. The summed E-state index contributed by atoms with van der Waals surface area (Å²) in [5.74, 6) is 0.0877. The zero-order chi connectivity index (χ0) is 15.2. The van der Waals surface area contributed by atoms with E-state index in [-0.39, 0.29) is 30.4 Å². The van der Waals surface area contributed by atoms with Crippen molar-refractivity contribution in [3.8, 4) is 11.5 Å². The summed E-state index contributed by atoms with van der Waals surface area (Å²) in [6.07, 6.45) is 0. The molecular weight excluding hydrogens is 289 g/mol. The van der Waals surface area contributed by atoms with Gasteiger partial charge < -0.3 is 9.26 Å². The lowest BCUT2D eigenvalue weighted by molar-refractivity contribution is -0.385. The van der Waals surface area contributed by atoms with Gasteiger partial charge in [-0.3, -0.25) is 19.2 Å². The van der Waals surface area contributed by atoms with Crippen molar-refractivity contribution in [2.75, 3.05) is 20.3 Å². The van der Waals surface area contributed by atoms with Crippen LogP contribution >= 0.6 is 7.82 Å². The number of phosphoric acid groups is 1. The predicted octanol–water partition coefficient (Wildman–Crippen LogP) is 3.16. The molecule has 0 aliphatic carbocycles. The zero-order valence-electron chi connectivity index (χ0n) is 11.4. The number of nitro groups is 1. The number of methoxy groups -OCH3 is 1. The van der Waals surface area contributed by atoms with Crippen LogP contribution in [0.5, 0.6) is 11.5 Å². The Kier molecular flexibility index (Phi) is 5.94. The van der Waals surface area contributed by atoms with Gasteiger partial charge in [0.15, 0.2) is 0 Å². The van der Waals surface area contributed by atoms with E-state index >= 15 is 0 Å². The molecule has 0 atom stereocenters. The monoisotopic (exact) mass is 305 g/mol. The van der Waals surface area contributed by atoms with Gasteiger partial charge in [-0.05, 0) is 19.9 Å². The third kappa shape index (κ3) is 4.19. The second kappa shape index (κ2) is 7.23. The molecule has 112 valence electrons. The highest BCUT2D eigenvalue weighted by Crippen LogP contribution is 2.50. The highest BCUT2D eigenvalue weighted by Gasteiger charge is 2.28. The molecule has 0 unspecified atom stereocenters. The standard InChI is InChI=1S/C11H16NO7P/c1-4-17-20(15,18-5-2)19-9-6-7-10(12(13)14)11(8-9)16-3/h6-8H,4-5H2,1-3H3. The summed E-state index contributed by atoms with van der Waals surface area (Å²) in [5, 5.41) is 10.8. The maximum Gasteiger partial charge on any atom is 0.530 e. The molecule has 0 aliphatic rings. The fraction of sp³-hybridized carbons (Fsp3) is 0.455. The van der Waals surface area contributed by atoms with Crippen molar-refractivity contribution < 1.29 is 27.8 Å². The van der Waals surface area contributed by atoms with Crippen LogP contribution in [0.2, 0.25) is 0 Å². The zero-order valence-corrected chi connectivity index (χ0v) is 12.3. The number of phosphoric ester groups is 1. The molecule has 9 heteroatoms. The fourth-order valence-electron chi connectivity index (χ4n) is 1.40. The van der Waals surface area contributed by atoms with Crippen molar-refractivity contribution in [3.05, 3.63) is 28.3 Å². The van der Waals surface area contributed by atoms with Gasteiger partial charge in [0, 0.05) is 12.1 Å². The summed E-state index contributed by atoms with van der Waals surface area (Å²) in [6.45, 7) is 3.57. The van der Waals surface area contributed by atoms with Crippen LogP contribution in [0.4, 0.5) is 5.69 Å². The Morgan fingerprint density at radius 2 is 1.85 bits per heavy atom. The molecule has 0 bridgehead atoms. The molecule has 0 N–H and O–H groups in total. The van der Waals surface area contributed by atoms with E-state index in [1.165, 1.54) is 25.3 Å². The molecule has 1 aromatic rings. The topological polar surface area (TPSA) is 97.1 Å². The minimum Gasteiger partial charge on any atom is -0.490 e. The summed E-state index contributed by atoms with van der Waals surface area (Å²) in [4.78, 5) is 10.2. The van der Waals surface area contributed by atoms with Crippen LogP contribution in [0.15, 0.2) is 18.2 Å². The van der Waals surface area contributed by atoms with Gasteiger partial charge in [0.05, 0.1) is 25.2 Å². The number of benzene rings is 1. The second-order valence-corrected chi connectivity index (χ2v) is 5.06. The highest BCUT2D eigenvalue weighted by atomic mass is 31.2. The summed E-state index contributed by atoms with van der Waals surface area (Å²) < 4.78 is 32.1. The first-order chi connectivity index (χ1) is 9.45. The first kappa shape index (κ1) is 16.4. The Morgan fingerprint density at radius 1 is 1.25 bits per heavy atom. The van der Waals surface area contributed by atoms with E-state index < -0.39 is 12.7 Å². The van der Waals surface area contributed by atoms with Gasteiger partial charge in [-0.25, -0.2) is 4.57 Å². The van der Waals surface area contributed by atoms with Gasteiger partial charge in [0.25, 0.3) is 0 Å². The van der Waals surface area contributed by atoms with Crippen LogP contribution in [-0.2, 0) is 13.6 Å². The average Bonchev–Trinajstić information content (AvgIpc) is 2.38. The molecule has 20 heavy (non-hydrogen) atoms. The van der Waals surface area contributed by atoms with Gasteiger partial charge in [-0.15, -0.1) is 0 Å². The molecule has 0 saturated carbocycles. The van der Waals surface area contributed by atoms with Crippen molar-refractivity contribution in [1.29, 1.82) is 0 Å². The van der Waals surface area contributed by atoms with Crippen LogP contribution < -0.4 is 9.26 Å². The number of nitro benzene ring substituents is 1. The predicted molar refractivity (Wildman–Crippen MR) is 71.1 cm³/mol. The fourth-order valence-corrected chi connectivity index (χ4v) is 2.59. The van der Waals surface area contributed by atoms with Gasteiger partial charge in [-0.1, -0.05) is 0 Å². The number of hydrogen-bond acceptors (Lipinski definition) is 7. The number of rotatable bonds is 8. The molecule has 0 spiro atoms. The first-order valence-corrected chi connectivity index (χ1v) is 7.33. The van der Waals surface area contributed by atoms with Crippen LogP contribution in [0.3, 0.4) is 0 Å². The van der Waals surface area contributed by atoms with Gasteiger partial charge >= 0.3 is 13.5 Å². The minimum atomic E-state index is -3.74. The van der Waals surface area contributed by atoms with E-state index in [9.17, 15) is 14.7 Å². The van der Waals surface area contributed by atoms with Gasteiger partial charge in [0.1, 0.15) is 5.75 Å². The first-order valence-electron chi connectivity index (χ1n) is 5.87. The lowest BCUT2D eigenvalue weighted by Crippen LogP contribution is -2.03. The SMILES string of the molecule is CCOP(=O)(OCC)Oc1ccc([N+](=O)[O-])c(OC)c1. The smallest absolute Gasteiger partial charge is 0.490 e. The second-order valence-electron chi connectivity index (χ2n) is 3.46. The number of hydrogen-bond donors (Lipinski definition) is 0. The van der Waals surface area contributed by atoms with Crippen LogP contribution in [0.1, 0.15) is 13.8 Å². The maximum atomic E-state index is 12.2.